The largest absolute Gasteiger partial charge is 0.497 e. The van der Waals surface area contributed by atoms with Crippen molar-refractivity contribution in [2.24, 2.45) is 5.41 Å². The zero-order chi connectivity index (χ0) is 23.3. The van der Waals surface area contributed by atoms with Crippen LogP contribution in [0, 0.1) is 12.3 Å². The maximum atomic E-state index is 13.5. The molecule has 0 saturated carbocycles. The Morgan fingerprint density at radius 3 is 2.64 bits per heavy atom. The number of aryl methyl sites for hydroxylation is 1. The van der Waals surface area contributed by atoms with Crippen LogP contribution in [0.4, 0.5) is 5.95 Å². The SMILES string of the molecule is COc1ccc(OC)c(C2C3=C(CC(C)(C)CC3=O)Nc3nc(-c4cccc(C)c4)nn32)c1. The quantitative estimate of drug-likeness (QED) is 0.615. The van der Waals surface area contributed by atoms with Gasteiger partial charge in [0.15, 0.2) is 11.6 Å². The van der Waals surface area contributed by atoms with Gasteiger partial charge in [0.25, 0.3) is 0 Å². The number of ether oxygens (including phenoxy) is 2. The Kier molecular flexibility index (Phi) is 5.00. The summed E-state index contributed by atoms with van der Waals surface area (Å²) in [5.74, 6) is 2.70. The summed E-state index contributed by atoms with van der Waals surface area (Å²) in [6.45, 7) is 6.28. The Hall–Kier alpha value is -3.61. The summed E-state index contributed by atoms with van der Waals surface area (Å²) < 4.78 is 13.0. The van der Waals surface area contributed by atoms with E-state index < -0.39 is 6.04 Å². The normalized spacial score (nSPS) is 18.9. The molecule has 5 rings (SSSR count). The molecule has 170 valence electrons. The number of Topliss-reactive ketones (excluding diaryl/α,β-unsaturated/α-hetero) is 1. The molecule has 0 radical (unpaired) electrons. The molecule has 0 spiro atoms. The number of hydrogen-bond acceptors (Lipinski definition) is 6. The first-order valence-corrected chi connectivity index (χ1v) is 11.1. The van der Waals surface area contributed by atoms with Crippen LogP contribution in [0.2, 0.25) is 0 Å². The molecule has 33 heavy (non-hydrogen) atoms. The molecule has 1 aliphatic carbocycles. The van der Waals surface area contributed by atoms with E-state index in [0.717, 1.165) is 28.8 Å². The number of carbonyl (C=O) groups is 1. The minimum atomic E-state index is -0.462. The standard InChI is InChI=1S/C26H28N4O3/c1-15-7-6-8-16(11-15)24-28-25-27-19-13-26(2,3)14-20(31)22(19)23(30(25)29-24)18-12-17(32-4)9-10-21(18)33-5/h6-12,23H,13-14H2,1-5H3,(H,27,28,29). The van der Waals surface area contributed by atoms with Gasteiger partial charge in [0.05, 0.1) is 14.2 Å². The van der Waals surface area contributed by atoms with Gasteiger partial charge in [-0.2, -0.15) is 4.98 Å². The number of hydrogen-bond donors (Lipinski definition) is 1. The highest BCUT2D eigenvalue weighted by Gasteiger charge is 2.42. The fourth-order valence-corrected chi connectivity index (χ4v) is 4.86. The first-order valence-electron chi connectivity index (χ1n) is 11.1. The lowest BCUT2D eigenvalue weighted by atomic mass is 9.73. The van der Waals surface area contributed by atoms with Crippen molar-refractivity contribution in [1.29, 1.82) is 0 Å². The van der Waals surface area contributed by atoms with Gasteiger partial charge in [-0.3, -0.25) is 4.79 Å². The van der Waals surface area contributed by atoms with Gasteiger partial charge in [0, 0.05) is 28.8 Å². The highest BCUT2D eigenvalue weighted by molar-refractivity contribution is 6.00. The van der Waals surface area contributed by atoms with Crippen LogP contribution in [-0.2, 0) is 4.79 Å². The number of ketones is 1. The van der Waals surface area contributed by atoms with Crippen LogP contribution in [0.15, 0.2) is 53.7 Å². The third kappa shape index (κ3) is 3.67. The van der Waals surface area contributed by atoms with Crippen LogP contribution in [0.1, 0.15) is 43.9 Å². The number of aromatic nitrogens is 3. The zero-order valence-corrected chi connectivity index (χ0v) is 19.6. The average Bonchev–Trinajstić information content (AvgIpc) is 3.20. The fourth-order valence-electron chi connectivity index (χ4n) is 4.86. The molecule has 1 atom stereocenters. The number of benzene rings is 2. The van der Waals surface area contributed by atoms with Gasteiger partial charge in [-0.15, -0.1) is 5.10 Å². The van der Waals surface area contributed by atoms with E-state index in [2.05, 4.69) is 25.2 Å². The van der Waals surface area contributed by atoms with E-state index >= 15 is 0 Å². The van der Waals surface area contributed by atoms with Crippen LogP contribution in [0.3, 0.4) is 0 Å². The third-order valence-corrected chi connectivity index (χ3v) is 6.34. The van der Waals surface area contributed by atoms with Gasteiger partial charge in [-0.05, 0) is 43.0 Å². The monoisotopic (exact) mass is 444 g/mol. The van der Waals surface area contributed by atoms with Crippen LogP contribution >= 0.6 is 0 Å². The minimum absolute atomic E-state index is 0.113. The number of methoxy groups -OCH3 is 2. The summed E-state index contributed by atoms with van der Waals surface area (Å²) in [4.78, 5) is 18.3. The van der Waals surface area contributed by atoms with E-state index in [1.165, 1.54) is 0 Å². The second-order valence-corrected chi connectivity index (χ2v) is 9.54. The molecule has 1 unspecified atom stereocenters. The summed E-state index contributed by atoms with van der Waals surface area (Å²) in [5.41, 5.74) is 4.37. The molecular formula is C26H28N4O3. The van der Waals surface area contributed by atoms with Crippen LogP contribution in [0.5, 0.6) is 11.5 Å². The van der Waals surface area contributed by atoms with E-state index in [1.54, 1.807) is 14.2 Å². The molecule has 1 aliphatic heterocycles. The number of allylic oxidation sites excluding steroid dienone is 2. The van der Waals surface area contributed by atoms with Crippen molar-refractivity contribution in [1.82, 2.24) is 14.8 Å². The van der Waals surface area contributed by atoms with Gasteiger partial charge >= 0.3 is 0 Å². The van der Waals surface area contributed by atoms with Crippen molar-refractivity contribution in [3.05, 3.63) is 64.9 Å². The smallest absolute Gasteiger partial charge is 0.226 e. The second kappa shape index (κ2) is 7.76. The van der Waals surface area contributed by atoms with Crippen molar-refractivity contribution >= 4 is 11.7 Å². The Balaban J connectivity index is 1.73. The molecule has 1 aromatic heterocycles. The fraction of sp³-hybridized carbons (Fsp3) is 0.346. The summed E-state index contributed by atoms with van der Waals surface area (Å²) in [6.07, 6.45) is 1.23. The molecule has 0 saturated heterocycles. The minimum Gasteiger partial charge on any atom is -0.497 e. The molecule has 1 N–H and O–H groups in total. The molecule has 0 bridgehead atoms. The predicted molar refractivity (Wildman–Crippen MR) is 127 cm³/mol. The Labute approximate surface area is 193 Å². The van der Waals surface area contributed by atoms with E-state index in [4.69, 9.17) is 19.6 Å². The van der Waals surface area contributed by atoms with Crippen LogP contribution in [0.25, 0.3) is 11.4 Å². The van der Waals surface area contributed by atoms with Crippen molar-refractivity contribution in [3.8, 4) is 22.9 Å². The highest BCUT2D eigenvalue weighted by atomic mass is 16.5. The van der Waals surface area contributed by atoms with Crippen molar-refractivity contribution in [2.75, 3.05) is 19.5 Å². The number of anilines is 1. The Morgan fingerprint density at radius 1 is 1.09 bits per heavy atom. The molecule has 7 heteroatoms. The molecule has 2 aromatic carbocycles. The lowest BCUT2D eigenvalue weighted by Gasteiger charge is -2.38. The van der Waals surface area contributed by atoms with Gasteiger partial charge in [0.1, 0.15) is 17.5 Å². The van der Waals surface area contributed by atoms with Crippen LogP contribution < -0.4 is 14.8 Å². The first-order chi connectivity index (χ1) is 15.8. The number of rotatable bonds is 4. The molecule has 0 amide bonds. The molecule has 0 fully saturated rings. The molecule has 2 aliphatic rings. The number of carbonyl (C=O) groups excluding carboxylic acids is 1. The zero-order valence-electron chi connectivity index (χ0n) is 19.6. The first kappa shape index (κ1) is 21.2. The number of nitrogens with one attached hydrogen (secondary N) is 1. The van der Waals surface area contributed by atoms with Gasteiger partial charge in [0.2, 0.25) is 5.95 Å². The topological polar surface area (TPSA) is 78.3 Å². The summed E-state index contributed by atoms with van der Waals surface area (Å²) in [6, 6.07) is 13.3. The molecule has 3 aromatic rings. The average molecular weight is 445 g/mol. The molecule has 7 nitrogen and oxygen atoms in total. The van der Waals surface area contributed by atoms with E-state index in [0.29, 0.717) is 35.3 Å². The number of fused-ring (bicyclic) bond motifs is 1. The van der Waals surface area contributed by atoms with Crippen molar-refractivity contribution in [2.45, 2.75) is 39.7 Å². The van der Waals surface area contributed by atoms with Crippen molar-refractivity contribution < 1.29 is 14.3 Å². The van der Waals surface area contributed by atoms with Gasteiger partial charge < -0.3 is 14.8 Å². The summed E-state index contributed by atoms with van der Waals surface area (Å²) in [5, 5.41) is 8.30. The lowest BCUT2D eigenvalue weighted by Crippen LogP contribution is -2.36. The predicted octanol–water partition coefficient (Wildman–Crippen LogP) is 4.93. The maximum absolute atomic E-state index is 13.5. The highest BCUT2D eigenvalue weighted by Crippen LogP contribution is 2.47. The maximum Gasteiger partial charge on any atom is 0.226 e. The Morgan fingerprint density at radius 2 is 1.91 bits per heavy atom. The summed E-state index contributed by atoms with van der Waals surface area (Å²) in [7, 11) is 3.26. The van der Waals surface area contributed by atoms with Crippen molar-refractivity contribution in [3.63, 3.8) is 0 Å². The van der Waals surface area contributed by atoms with Gasteiger partial charge in [-0.25, -0.2) is 4.68 Å². The number of nitrogens with zero attached hydrogens (tertiary/aromatic N) is 3. The molecular weight excluding hydrogens is 416 g/mol. The van der Waals surface area contributed by atoms with E-state index in [9.17, 15) is 4.79 Å². The summed E-state index contributed by atoms with van der Waals surface area (Å²) >= 11 is 0. The van der Waals surface area contributed by atoms with E-state index in [-0.39, 0.29) is 11.2 Å². The van der Waals surface area contributed by atoms with E-state index in [1.807, 2.05) is 48.0 Å². The van der Waals surface area contributed by atoms with Crippen LogP contribution in [-0.4, -0.2) is 34.8 Å². The third-order valence-electron chi connectivity index (χ3n) is 6.34. The van der Waals surface area contributed by atoms with Gasteiger partial charge in [-0.1, -0.05) is 37.6 Å². The second-order valence-electron chi connectivity index (χ2n) is 9.54. The lowest BCUT2D eigenvalue weighted by molar-refractivity contribution is -0.118. The Bertz CT molecular complexity index is 1290. The molecule has 2 heterocycles.